The zero-order chi connectivity index (χ0) is 13.8. The second-order valence-electron chi connectivity index (χ2n) is 6.59. The van der Waals surface area contributed by atoms with Crippen LogP contribution in [0.3, 0.4) is 0 Å². The number of ether oxygens (including phenoxy) is 1. The highest BCUT2D eigenvalue weighted by atomic mass is 16.5. The van der Waals surface area contributed by atoms with Gasteiger partial charge >= 0.3 is 0 Å². The van der Waals surface area contributed by atoms with Crippen molar-refractivity contribution in [1.29, 1.82) is 0 Å². The highest BCUT2D eigenvalue weighted by Gasteiger charge is 2.32. The van der Waals surface area contributed by atoms with Crippen LogP contribution in [0.25, 0.3) is 0 Å². The molecule has 1 aromatic carbocycles. The van der Waals surface area contributed by atoms with Gasteiger partial charge in [0.15, 0.2) is 0 Å². The van der Waals surface area contributed by atoms with Gasteiger partial charge in [-0.15, -0.1) is 0 Å². The maximum absolute atomic E-state index is 6.11. The van der Waals surface area contributed by atoms with Gasteiger partial charge in [0.25, 0.3) is 0 Å². The average Bonchev–Trinajstić information content (AvgIpc) is 3.02. The van der Waals surface area contributed by atoms with E-state index in [9.17, 15) is 0 Å². The second kappa shape index (κ2) is 6.17. The molecule has 2 N–H and O–H groups in total. The van der Waals surface area contributed by atoms with Gasteiger partial charge in [-0.3, -0.25) is 0 Å². The first-order chi connectivity index (χ1) is 9.82. The highest BCUT2D eigenvalue weighted by Crippen LogP contribution is 2.39. The fraction of sp³-hybridized carbons (Fsp3) is 0.667. The van der Waals surface area contributed by atoms with Crippen LogP contribution in [0.4, 0.5) is 0 Å². The van der Waals surface area contributed by atoms with E-state index in [1.165, 1.54) is 63.4 Å². The van der Waals surface area contributed by atoms with E-state index in [-0.39, 0.29) is 5.41 Å². The predicted molar refractivity (Wildman–Crippen MR) is 83.1 cm³/mol. The molecule has 0 atom stereocenters. The van der Waals surface area contributed by atoms with Crippen molar-refractivity contribution < 1.29 is 4.74 Å². The van der Waals surface area contributed by atoms with Crippen molar-refractivity contribution in [3.05, 3.63) is 29.8 Å². The lowest BCUT2D eigenvalue weighted by atomic mass is 9.69. The Labute approximate surface area is 122 Å². The normalized spacial score (nSPS) is 22.9. The molecular formula is C18H27NO. The van der Waals surface area contributed by atoms with E-state index < -0.39 is 0 Å². The molecule has 0 bridgehead atoms. The van der Waals surface area contributed by atoms with Crippen LogP contribution in [0.15, 0.2) is 24.3 Å². The Hall–Kier alpha value is -1.02. The molecule has 0 aliphatic heterocycles. The summed E-state index contributed by atoms with van der Waals surface area (Å²) in [5.74, 6) is 1.03. The highest BCUT2D eigenvalue weighted by molar-refractivity contribution is 5.33. The standard InChI is InChI=1S/C18H27NO/c19-14-18(12-4-1-5-13-18)15-8-10-17(11-9-15)20-16-6-2-3-7-16/h8-11,16H,1-7,12-14,19H2. The summed E-state index contributed by atoms with van der Waals surface area (Å²) < 4.78 is 6.05. The quantitative estimate of drug-likeness (QED) is 0.893. The second-order valence-corrected chi connectivity index (χ2v) is 6.59. The van der Waals surface area contributed by atoms with Gasteiger partial charge < -0.3 is 10.5 Å². The van der Waals surface area contributed by atoms with Crippen molar-refractivity contribution in [1.82, 2.24) is 0 Å². The molecule has 0 aromatic heterocycles. The molecule has 0 radical (unpaired) electrons. The van der Waals surface area contributed by atoms with Gasteiger partial charge in [0, 0.05) is 12.0 Å². The molecule has 20 heavy (non-hydrogen) atoms. The summed E-state index contributed by atoms with van der Waals surface area (Å²) in [6.45, 7) is 0.774. The fourth-order valence-corrected chi connectivity index (χ4v) is 3.92. The third-order valence-electron chi connectivity index (χ3n) is 5.27. The van der Waals surface area contributed by atoms with E-state index in [0.717, 1.165) is 12.3 Å². The van der Waals surface area contributed by atoms with Gasteiger partial charge in [0.05, 0.1) is 6.10 Å². The number of rotatable bonds is 4. The third kappa shape index (κ3) is 2.85. The molecule has 0 heterocycles. The molecule has 0 spiro atoms. The lowest BCUT2D eigenvalue weighted by Crippen LogP contribution is -2.37. The fourth-order valence-electron chi connectivity index (χ4n) is 3.92. The van der Waals surface area contributed by atoms with Crippen LogP contribution in [0.5, 0.6) is 5.75 Å². The monoisotopic (exact) mass is 273 g/mol. The van der Waals surface area contributed by atoms with E-state index in [1.54, 1.807) is 0 Å². The number of benzene rings is 1. The largest absolute Gasteiger partial charge is 0.490 e. The van der Waals surface area contributed by atoms with Crippen LogP contribution in [0.1, 0.15) is 63.4 Å². The van der Waals surface area contributed by atoms with Crippen molar-refractivity contribution in [3.63, 3.8) is 0 Å². The zero-order valence-electron chi connectivity index (χ0n) is 12.4. The van der Waals surface area contributed by atoms with E-state index in [1.807, 2.05) is 0 Å². The smallest absolute Gasteiger partial charge is 0.119 e. The molecule has 1 aromatic rings. The SMILES string of the molecule is NCC1(c2ccc(OC3CCCC3)cc2)CCCCC1. The molecule has 3 rings (SSSR count). The summed E-state index contributed by atoms with van der Waals surface area (Å²) in [6.07, 6.45) is 12.0. The maximum atomic E-state index is 6.11. The Kier molecular flexibility index (Phi) is 4.30. The van der Waals surface area contributed by atoms with Crippen LogP contribution in [-0.4, -0.2) is 12.6 Å². The number of nitrogens with two attached hydrogens (primary N) is 1. The van der Waals surface area contributed by atoms with Crippen LogP contribution in [0.2, 0.25) is 0 Å². The van der Waals surface area contributed by atoms with Crippen LogP contribution in [0, 0.1) is 0 Å². The zero-order valence-corrected chi connectivity index (χ0v) is 12.4. The van der Waals surface area contributed by atoms with Crippen LogP contribution < -0.4 is 10.5 Å². The van der Waals surface area contributed by atoms with E-state index in [2.05, 4.69) is 24.3 Å². The van der Waals surface area contributed by atoms with Gasteiger partial charge in [0.2, 0.25) is 0 Å². The summed E-state index contributed by atoms with van der Waals surface area (Å²) >= 11 is 0. The van der Waals surface area contributed by atoms with Gasteiger partial charge in [-0.05, 0) is 56.2 Å². The molecular weight excluding hydrogens is 246 g/mol. The molecule has 2 aliphatic rings. The van der Waals surface area contributed by atoms with E-state index in [0.29, 0.717) is 6.10 Å². The number of hydrogen-bond donors (Lipinski definition) is 1. The lowest BCUT2D eigenvalue weighted by molar-refractivity contribution is 0.209. The maximum Gasteiger partial charge on any atom is 0.119 e. The predicted octanol–water partition coefficient (Wildman–Crippen LogP) is 4.17. The summed E-state index contributed by atoms with van der Waals surface area (Å²) in [5, 5.41) is 0. The molecule has 2 fully saturated rings. The molecule has 0 saturated heterocycles. The molecule has 0 amide bonds. The van der Waals surface area contributed by atoms with Crippen LogP contribution in [-0.2, 0) is 5.41 Å². The molecule has 2 saturated carbocycles. The molecule has 2 aliphatic carbocycles. The van der Waals surface area contributed by atoms with Crippen LogP contribution >= 0.6 is 0 Å². The molecule has 2 heteroatoms. The van der Waals surface area contributed by atoms with Gasteiger partial charge in [-0.2, -0.15) is 0 Å². The Morgan fingerprint density at radius 2 is 1.60 bits per heavy atom. The van der Waals surface area contributed by atoms with Crippen molar-refractivity contribution >= 4 is 0 Å². The van der Waals surface area contributed by atoms with E-state index >= 15 is 0 Å². The van der Waals surface area contributed by atoms with Gasteiger partial charge in [-0.1, -0.05) is 31.4 Å². The first kappa shape index (κ1) is 13.9. The van der Waals surface area contributed by atoms with Crippen molar-refractivity contribution in [2.75, 3.05) is 6.54 Å². The molecule has 0 unspecified atom stereocenters. The van der Waals surface area contributed by atoms with E-state index in [4.69, 9.17) is 10.5 Å². The average molecular weight is 273 g/mol. The molecule has 2 nitrogen and oxygen atoms in total. The minimum absolute atomic E-state index is 0.226. The van der Waals surface area contributed by atoms with Crippen molar-refractivity contribution in [3.8, 4) is 5.75 Å². The lowest BCUT2D eigenvalue weighted by Gasteiger charge is -2.37. The van der Waals surface area contributed by atoms with Gasteiger partial charge in [-0.25, -0.2) is 0 Å². The minimum atomic E-state index is 0.226. The topological polar surface area (TPSA) is 35.2 Å². The Balaban J connectivity index is 1.70. The first-order valence-corrected chi connectivity index (χ1v) is 8.30. The number of hydrogen-bond acceptors (Lipinski definition) is 2. The minimum Gasteiger partial charge on any atom is -0.490 e. The van der Waals surface area contributed by atoms with Gasteiger partial charge in [0.1, 0.15) is 5.75 Å². The van der Waals surface area contributed by atoms with Crippen molar-refractivity contribution in [2.45, 2.75) is 69.3 Å². The third-order valence-corrected chi connectivity index (χ3v) is 5.27. The Bertz CT molecular complexity index is 414. The summed E-state index contributed by atoms with van der Waals surface area (Å²) in [7, 11) is 0. The Morgan fingerprint density at radius 1 is 0.950 bits per heavy atom. The summed E-state index contributed by atoms with van der Waals surface area (Å²) in [5.41, 5.74) is 7.75. The summed E-state index contributed by atoms with van der Waals surface area (Å²) in [4.78, 5) is 0. The first-order valence-electron chi connectivity index (χ1n) is 8.30. The summed E-state index contributed by atoms with van der Waals surface area (Å²) in [6, 6.07) is 8.81. The molecule has 110 valence electrons. The van der Waals surface area contributed by atoms with Crippen molar-refractivity contribution in [2.24, 2.45) is 5.73 Å². The Morgan fingerprint density at radius 3 is 2.20 bits per heavy atom.